The number of ether oxygens (including phenoxy) is 2. The first-order chi connectivity index (χ1) is 12.9. The monoisotopic (exact) mass is 457 g/mol. The van der Waals surface area contributed by atoms with Gasteiger partial charge in [-0.1, -0.05) is 11.8 Å². The van der Waals surface area contributed by atoms with Gasteiger partial charge in [-0.2, -0.15) is 10.2 Å². The third kappa shape index (κ3) is 5.96. The van der Waals surface area contributed by atoms with Gasteiger partial charge >= 0.3 is 5.69 Å². The Morgan fingerprint density at radius 1 is 1.44 bits per heavy atom. The minimum absolute atomic E-state index is 0.0195. The van der Waals surface area contributed by atoms with Crippen molar-refractivity contribution in [3.63, 3.8) is 0 Å². The lowest BCUT2D eigenvalue weighted by atomic mass is 10.2. The summed E-state index contributed by atoms with van der Waals surface area (Å²) in [5.41, 5.74) is 1.64. The number of aromatic amines is 2. The molecule has 2 rings (SSSR count). The summed E-state index contributed by atoms with van der Waals surface area (Å²) in [6.07, 6.45) is 1.44. The molecule has 1 aromatic heterocycles. The number of hydrazone groups is 1. The van der Waals surface area contributed by atoms with E-state index in [0.29, 0.717) is 28.1 Å². The van der Waals surface area contributed by atoms with Gasteiger partial charge in [0.1, 0.15) is 0 Å². The van der Waals surface area contributed by atoms with Crippen molar-refractivity contribution in [1.82, 2.24) is 20.6 Å². The Morgan fingerprint density at radius 3 is 2.89 bits per heavy atom. The van der Waals surface area contributed by atoms with Crippen molar-refractivity contribution >= 4 is 39.8 Å². The highest BCUT2D eigenvalue weighted by Gasteiger charge is 2.11. The van der Waals surface area contributed by atoms with Crippen LogP contribution in [0.4, 0.5) is 0 Å². The number of carbonyl (C=O) groups is 1. The number of thioether (sulfide) groups is 1. The lowest BCUT2D eigenvalue weighted by Crippen LogP contribution is -2.26. The third-order valence-corrected chi connectivity index (χ3v) is 4.51. The quantitative estimate of drug-likeness (QED) is 0.303. The van der Waals surface area contributed by atoms with Crippen LogP contribution in [0.15, 0.2) is 36.3 Å². The predicted molar refractivity (Wildman–Crippen MR) is 104 cm³/mol. The molecule has 0 unspecified atom stereocenters. The van der Waals surface area contributed by atoms with E-state index in [0.717, 1.165) is 11.8 Å². The van der Waals surface area contributed by atoms with Crippen molar-refractivity contribution in [3.8, 4) is 11.5 Å². The van der Waals surface area contributed by atoms with E-state index in [1.165, 1.54) is 13.3 Å². The van der Waals surface area contributed by atoms with E-state index in [9.17, 15) is 14.4 Å². The highest BCUT2D eigenvalue weighted by atomic mass is 79.9. The van der Waals surface area contributed by atoms with Crippen molar-refractivity contribution < 1.29 is 14.3 Å². The van der Waals surface area contributed by atoms with Crippen LogP contribution in [0.2, 0.25) is 0 Å². The van der Waals surface area contributed by atoms with Crippen LogP contribution in [0, 0.1) is 0 Å². The van der Waals surface area contributed by atoms with Crippen molar-refractivity contribution in [2.45, 2.75) is 11.9 Å². The predicted octanol–water partition coefficient (Wildman–Crippen LogP) is 0.870. The summed E-state index contributed by atoms with van der Waals surface area (Å²) < 4.78 is 11.5. The minimum atomic E-state index is -0.713. The molecule has 0 spiro atoms. The minimum Gasteiger partial charge on any atom is -0.493 e. The van der Waals surface area contributed by atoms with Crippen LogP contribution < -0.4 is 26.1 Å². The Kier molecular flexibility index (Phi) is 7.61. The second-order valence-corrected chi connectivity index (χ2v) is 6.68. The molecule has 10 nitrogen and oxygen atoms in total. The second-order valence-electron chi connectivity index (χ2n) is 4.86. The van der Waals surface area contributed by atoms with Gasteiger partial charge in [-0.3, -0.25) is 14.6 Å². The SMILES string of the molecule is CCOc1c(Br)cc(/C=N/NC(=O)CSc2n[nH]c(=O)[nH]c2=O)cc1OC. The summed E-state index contributed by atoms with van der Waals surface area (Å²) in [5.74, 6) is 0.560. The number of amides is 1. The van der Waals surface area contributed by atoms with Crippen LogP contribution in [0.3, 0.4) is 0 Å². The Balaban J connectivity index is 1.96. The second kappa shape index (κ2) is 9.92. The molecular weight excluding hydrogens is 442 g/mol. The highest BCUT2D eigenvalue weighted by molar-refractivity contribution is 9.10. The van der Waals surface area contributed by atoms with Gasteiger partial charge < -0.3 is 9.47 Å². The summed E-state index contributed by atoms with van der Waals surface area (Å²) in [6.45, 7) is 2.36. The summed E-state index contributed by atoms with van der Waals surface area (Å²) in [5, 5.41) is 9.49. The van der Waals surface area contributed by atoms with E-state index in [2.05, 4.69) is 36.7 Å². The van der Waals surface area contributed by atoms with Crippen LogP contribution in [0.1, 0.15) is 12.5 Å². The van der Waals surface area contributed by atoms with E-state index in [4.69, 9.17) is 9.47 Å². The molecule has 0 radical (unpaired) electrons. The van der Waals surface area contributed by atoms with Gasteiger partial charge in [0.05, 0.1) is 30.2 Å². The maximum Gasteiger partial charge on any atom is 0.342 e. The zero-order valence-electron chi connectivity index (χ0n) is 14.4. The third-order valence-electron chi connectivity index (χ3n) is 2.96. The molecule has 0 aliphatic rings. The largest absolute Gasteiger partial charge is 0.493 e. The molecule has 144 valence electrons. The van der Waals surface area contributed by atoms with E-state index in [1.807, 2.05) is 11.9 Å². The number of nitrogens with zero attached hydrogens (tertiary/aromatic N) is 2. The molecule has 0 saturated carbocycles. The van der Waals surface area contributed by atoms with Crippen molar-refractivity contribution in [1.29, 1.82) is 0 Å². The molecule has 0 bridgehead atoms. The van der Waals surface area contributed by atoms with E-state index < -0.39 is 17.2 Å². The molecule has 12 heteroatoms. The summed E-state index contributed by atoms with van der Waals surface area (Å²) in [7, 11) is 1.52. The fourth-order valence-corrected chi connectivity index (χ4v) is 3.08. The fraction of sp³-hybridized carbons (Fsp3) is 0.267. The average Bonchev–Trinajstić information content (AvgIpc) is 2.63. The van der Waals surface area contributed by atoms with Crippen LogP contribution in [0.5, 0.6) is 11.5 Å². The normalized spacial score (nSPS) is 10.8. The zero-order valence-corrected chi connectivity index (χ0v) is 16.8. The number of rotatable bonds is 8. The van der Waals surface area contributed by atoms with Gasteiger partial charge in [-0.15, -0.1) is 0 Å². The van der Waals surface area contributed by atoms with E-state index in [1.54, 1.807) is 12.1 Å². The highest BCUT2D eigenvalue weighted by Crippen LogP contribution is 2.36. The van der Waals surface area contributed by atoms with Gasteiger partial charge in [-0.25, -0.2) is 15.3 Å². The van der Waals surface area contributed by atoms with Crippen LogP contribution >= 0.6 is 27.7 Å². The van der Waals surface area contributed by atoms with Crippen molar-refractivity contribution in [2.24, 2.45) is 5.10 Å². The summed E-state index contributed by atoms with van der Waals surface area (Å²) in [6, 6.07) is 3.48. The first-order valence-corrected chi connectivity index (χ1v) is 9.36. The molecule has 27 heavy (non-hydrogen) atoms. The number of benzene rings is 1. The Bertz CT molecular complexity index is 958. The lowest BCUT2D eigenvalue weighted by molar-refractivity contribution is -0.118. The number of H-pyrrole nitrogens is 2. The number of hydrogen-bond acceptors (Lipinski definition) is 8. The lowest BCUT2D eigenvalue weighted by Gasteiger charge is -2.11. The van der Waals surface area contributed by atoms with Gasteiger partial charge in [0.15, 0.2) is 16.5 Å². The fourth-order valence-electron chi connectivity index (χ4n) is 1.88. The summed E-state index contributed by atoms with van der Waals surface area (Å²) >= 11 is 4.27. The number of halogens is 1. The number of nitrogens with one attached hydrogen (secondary N) is 3. The molecule has 3 N–H and O–H groups in total. The van der Waals surface area contributed by atoms with Crippen molar-refractivity contribution in [2.75, 3.05) is 19.5 Å². The first kappa shape index (κ1) is 20.7. The molecule has 1 amide bonds. The molecular formula is C15H16BrN5O5S. The first-order valence-electron chi connectivity index (χ1n) is 7.58. The maximum absolute atomic E-state index is 11.8. The molecule has 1 aromatic carbocycles. The van der Waals surface area contributed by atoms with Gasteiger partial charge in [-0.05, 0) is 40.5 Å². The molecule has 0 aliphatic heterocycles. The van der Waals surface area contributed by atoms with Gasteiger partial charge in [0, 0.05) is 0 Å². The van der Waals surface area contributed by atoms with Crippen LogP contribution in [-0.4, -0.2) is 46.8 Å². The number of carbonyl (C=O) groups excluding carboxylic acids is 1. The number of aromatic nitrogens is 3. The van der Waals surface area contributed by atoms with E-state index in [-0.39, 0.29) is 10.8 Å². The molecule has 2 aromatic rings. The maximum atomic E-state index is 11.8. The molecule has 0 fully saturated rings. The van der Waals surface area contributed by atoms with Gasteiger partial charge in [0.25, 0.3) is 5.56 Å². The number of methoxy groups -OCH3 is 1. The molecule has 0 aliphatic carbocycles. The van der Waals surface area contributed by atoms with Crippen molar-refractivity contribution in [3.05, 3.63) is 43.0 Å². The van der Waals surface area contributed by atoms with E-state index >= 15 is 0 Å². The van der Waals surface area contributed by atoms with Crippen LogP contribution in [0.25, 0.3) is 0 Å². The standard InChI is InChI=1S/C15H16BrN5O5S/c1-3-26-12-9(16)4-8(5-10(12)25-2)6-17-19-11(22)7-27-14-13(23)18-15(24)21-20-14/h4-6H,3,7H2,1-2H3,(H,19,22)(H2,18,21,23,24)/b17-6+. The summed E-state index contributed by atoms with van der Waals surface area (Å²) in [4.78, 5) is 36.2. The molecule has 0 saturated heterocycles. The Labute approximate surface area is 165 Å². The molecule has 0 atom stereocenters. The Hall–Kier alpha value is -2.60. The smallest absolute Gasteiger partial charge is 0.342 e. The molecule has 1 heterocycles. The zero-order chi connectivity index (χ0) is 19.8. The average molecular weight is 458 g/mol. The Morgan fingerprint density at radius 2 is 2.22 bits per heavy atom. The topological polar surface area (TPSA) is 139 Å². The van der Waals surface area contributed by atoms with Crippen LogP contribution in [-0.2, 0) is 4.79 Å². The van der Waals surface area contributed by atoms with Gasteiger partial charge in [0.2, 0.25) is 5.91 Å². The number of hydrogen-bond donors (Lipinski definition) is 3.